The van der Waals surface area contributed by atoms with Crippen LogP contribution in [0.5, 0.6) is 5.75 Å². The summed E-state index contributed by atoms with van der Waals surface area (Å²) >= 11 is 2.35. The summed E-state index contributed by atoms with van der Waals surface area (Å²) < 4.78 is 7.25. The first-order chi connectivity index (χ1) is 10.3. The van der Waals surface area contributed by atoms with E-state index >= 15 is 0 Å². The van der Waals surface area contributed by atoms with Crippen LogP contribution in [0.4, 0.5) is 0 Å². The molecule has 0 spiro atoms. The molecule has 1 unspecified atom stereocenters. The van der Waals surface area contributed by atoms with Gasteiger partial charge in [-0.2, -0.15) is 0 Å². The van der Waals surface area contributed by atoms with Gasteiger partial charge in [-0.05, 0) is 65.2 Å². The van der Waals surface area contributed by atoms with Crippen molar-refractivity contribution >= 4 is 22.6 Å². The number of fused-ring (bicyclic) bond motifs is 1. The average Bonchev–Trinajstić information content (AvgIpc) is 2.53. The smallest absolute Gasteiger partial charge is 0.127 e. The van der Waals surface area contributed by atoms with Crippen molar-refractivity contribution in [3.63, 3.8) is 0 Å². The zero-order valence-electron chi connectivity index (χ0n) is 12.2. The molecule has 1 heterocycles. The summed E-state index contributed by atoms with van der Waals surface area (Å²) in [5.74, 6) is 1.09. The van der Waals surface area contributed by atoms with E-state index in [2.05, 4.69) is 77.3 Å². The van der Waals surface area contributed by atoms with Crippen molar-refractivity contribution in [3.8, 4) is 5.75 Å². The zero-order valence-corrected chi connectivity index (χ0v) is 14.4. The van der Waals surface area contributed by atoms with Crippen LogP contribution in [-0.4, -0.2) is 13.2 Å². The Balaban J connectivity index is 2.03. The van der Waals surface area contributed by atoms with Gasteiger partial charge in [-0.1, -0.05) is 37.3 Å². The van der Waals surface area contributed by atoms with Crippen LogP contribution in [0.25, 0.3) is 0 Å². The van der Waals surface area contributed by atoms with Crippen LogP contribution in [0.2, 0.25) is 0 Å². The minimum Gasteiger partial charge on any atom is -0.493 e. The van der Waals surface area contributed by atoms with Crippen LogP contribution in [0, 0.1) is 3.57 Å². The predicted octanol–water partition coefficient (Wildman–Crippen LogP) is 4.32. The van der Waals surface area contributed by atoms with Crippen molar-refractivity contribution in [3.05, 3.63) is 62.7 Å². The number of halogens is 1. The van der Waals surface area contributed by atoms with Gasteiger partial charge in [0.1, 0.15) is 5.75 Å². The fraction of sp³-hybridized carbons (Fsp3) is 0.333. The SMILES string of the molecule is CCNC(c1ccc(I)cc1)c1cccc2c1OCCC2. The molecule has 0 amide bonds. The second kappa shape index (κ2) is 6.79. The normalized spacial score (nSPS) is 15.1. The number of nitrogens with one attached hydrogen (secondary N) is 1. The molecule has 0 fully saturated rings. The summed E-state index contributed by atoms with van der Waals surface area (Å²) in [6.45, 7) is 3.91. The third-order valence-corrected chi connectivity index (χ3v) is 4.61. The molecular formula is C18H20INO. The van der Waals surface area contributed by atoms with Crippen LogP contribution in [0.15, 0.2) is 42.5 Å². The molecule has 21 heavy (non-hydrogen) atoms. The third-order valence-electron chi connectivity index (χ3n) is 3.89. The van der Waals surface area contributed by atoms with Gasteiger partial charge in [-0.3, -0.25) is 0 Å². The van der Waals surface area contributed by atoms with E-state index in [1.807, 2.05) is 0 Å². The lowest BCUT2D eigenvalue weighted by molar-refractivity contribution is 0.283. The number of hydrogen-bond acceptors (Lipinski definition) is 2. The van der Waals surface area contributed by atoms with E-state index in [0.29, 0.717) is 0 Å². The highest BCUT2D eigenvalue weighted by molar-refractivity contribution is 14.1. The second-order valence-electron chi connectivity index (χ2n) is 5.33. The molecule has 0 saturated heterocycles. The van der Waals surface area contributed by atoms with Crippen molar-refractivity contribution in [2.24, 2.45) is 0 Å². The fourth-order valence-corrected chi connectivity index (χ4v) is 3.27. The van der Waals surface area contributed by atoms with E-state index in [1.165, 1.54) is 20.3 Å². The molecule has 0 radical (unpaired) electrons. The maximum absolute atomic E-state index is 5.99. The van der Waals surface area contributed by atoms with E-state index in [4.69, 9.17) is 4.74 Å². The van der Waals surface area contributed by atoms with Gasteiger partial charge in [0, 0.05) is 9.13 Å². The Hall–Kier alpha value is -1.07. The second-order valence-corrected chi connectivity index (χ2v) is 6.58. The molecule has 1 atom stereocenters. The molecule has 2 nitrogen and oxygen atoms in total. The van der Waals surface area contributed by atoms with E-state index < -0.39 is 0 Å². The summed E-state index contributed by atoms with van der Waals surface area (Å²) in [7, 11) is 0. The monoisotopic (exact) mass is 393 g/mol. The van der Waals surface area contributed by atoms with Crippen LogP contribution in [-0.2, 0) is 6.42 Å². The Morgan fingerprint density at radius 1 is 1.19 bits per heavy atom. The molecule has 2 aromatic rings. The number of para-hydroxylation sites is 1. The Labute approximate surface area is 140 Å². The Kier molecular flexibility index (Phi) is 4.80. The average molecular weight is 393 g/mol. The van der Waals surface area contributed by atoms with Gasteiger partial charge in [0.05, 0.1) is 12.6 Å². The van der Waals surface area contributed by atoms with Gasteiger partial charge in [-0.15, -0.1) is 0 Å². The number of ether oxygens (including phenoxy) is 1. The number of benzene rings is 2. The van der Waals surface area contributed by atoms with E-state index in [-0.39, 0.29) is 6.04 Å². The van der Waals surface area contributed by atoms with Crippen molar-refractivity contribution in [2.75, 3.05) is 13.2 Å². The predicted molar refractivity (Wildman–Crippen MR) is 94.9 cm³/mol. The number of aryl methyl sites for hydroxylation is 1. The van der Waals surface area contributed by atoms with Gasteiger partial charge in [0.15, 0.2) is 0 Å². The first-order valence-electron chi connectivity index (χ1n) is 7.53. The summed E-state index contributed by atoms with van der Waals surface area (Å²) in [5.41, 5.74) is 3.89. The van der Waals surface area contributed by atoms with Gasteiger partial charge < -0.3 is 10.1 Å². The maximum atomic E-state index is 5.99. The highest BCUT2D eigenvalue weighted by Gasteiger charge is 2.21. The van der Waals surface area contributed by atoms with Crippen molar-refractivity contribution in [2.45, 2.75) is 25.8 Å². The lowest BCUT2D eigenvalue weighted by Crippen LogP contribution is -2.24. The Morgan fingerprint density at radius 2 is 2.00 bits per heavy atom. The summed E-state index contributed by atoms with van der Waals surface area (Å²) in [6, 6.07) is 15.5. The zero-order chi connectivity index (χ0) is 14.7. The first kappa shape index (κ1) is 14.9. The van der Waals surface area contributed by atoms with E-state index in [9.17, 15) is 0 Å². The molecular weight excluding hydrogens is 373 g/mol. The van der Waals surface area contributed by atoms with Crippen molar-refractivity contribution in [1.82, 2.24) is 5.32 Å². The minimum absolute atomic E-state index is 0.194. The molecule has 3 heteroatoms. The molecule has 1 aliphatic heterocycles. The molecule has 2 aromatic carbocycles. The van der Waals surface area contributed by atoms with Gasteiger partial charge >= 0.3 is 0 Å². The molecule has 0 bridgehead atoms. The van der Waals surface area contributed by atoms with Gasteiger partial charge in [0.25, 0.3) is 0 Å². The quantitative estimate of drug-likeness (QED) is 0.782. The van der Waals surface area contributed by atoms with Crippen LogP contribution in [0.3, 0.4) is 0 Å². The largest absolute Gasteiger partial charge is 0.493 e. The Morgan fingerprint density at radius 3 is 2.76 bits per heavy atom. The lowest BCUT2D eigenvalue weighted by atomic mass is 9.93. The molecule has 1 N–H and O–H groups in total. The molecule has 0 aliphatic carbocycles. The molecule has 1 aliphatic rings. The standard InChI is InChI=1S/C18H20INO/c1-2-20-17(13-8-10-15(19)11-9-13)16-7-3-5-14-6-4-12-21-18(14)16/h3,5,7-11,17,20H,2,4,6,12H2,1H3. The summed E-state index contributed by atoms with van der Waals surface area (Å²) in [5, 5.41) is 3.60. The third kappa shape index (κ3) is 3.24. The van der Waals surface area contributed by atoms with Gasteiger partial charge in [0.2, 0.25) is 0 Å². The van der Waals surface area contributed by atoms with Crippen LogP contribution in [0.1, 0.15) is 36.1 Å². The van der Waals surface area contributed by atoms with E-state index in [1.54, 1.807) is 0 Å². The molecule has 3 rings (SSSR count). The lowest BCUT2D eigenvalue weighted by Gasteiger charge is -2.26. The number of rotatable bonds is 4. The van der Waals surface area contributed by atoms with E-state index in [0.717, 1.165) is 31.7 Å². The first-order valence-corrected chi connectivity index (χ1v) is 8.61. The van der Waals surface area contributed by atoms with Crippen molar-refractivity contribution in [1.29, 1.82) is 0 Å². The highest BCUT2D eigenvalue weighted by atomic mass is 127. The van der Waals surface area contributed by atoms with Gasteiger partial charge in [-0.25, -0.2) is 0 Å². The summed E-state index contributed by atoms with van der Waals surface area (Å²) in [6.07, 6.45) is 2.24. The minimum atomic E-state index is 0.194. The van der Waals surface area contributed by atoms with Crippen LogP contribution < -0.4 is 10.1 Å². The number of hydrogen-bond donors (Lipinski definition) is 1. The highest BCUT2D eigenvalue weighted by Crippen LogP contribution is 2.35. The van der Waals surface area contributed by atoms with Crippen LogP contribution >= 0.6 is 22.6 Å². The molecule has 0 saturated carbocycles. The topological polar surface area (TPSA) is 21.3 Å². The maximum Gasteiger partial charge on any atom is 0.127 e. The Bertz CT molecular complexity index is 609. The summed E-state index contributed by atoms with van der Waals surface area (Å²) in [4.78, 5) is 0. The fourth-order valence-electron chi connectivity index (χ4n) is 2.91. The molecule has 0 aromatic heterocycles. The van der Waals surface area contributed by atoms with Crippen molar-refractivity contribution < 1.29 is 4.74 Å². The molecule has 110 valence electrons.